The Bertz CT molecular complexity index is 458. The summed E-state index contributed by atoms with van der Waals surface area (Å²) in [4.78, 5) is -1.09. The van der Waals surface area contributed by atoms with Gasteiger partial charge in [-0.1, -0.05) is 0 Å². The minimum absolute atomic E-state index is 0.164. The molecule has 0 fully saturated rings. The summed E-state index contributed by atoms with van der Waals surface area (Å²) in [6.07, 6.45) is 0. The van der Waals surface area contributed by atoms with Crippen LogP contribution in [0.5, 0.6) is 5.75 Å². The average Bonchev–Trinajstić information content (AvgIpc) is 2.06. The lowest BCUT2D eigenvalue weighted by atomic mass is 10.3. The van der Waals surface area contributed by atoms with E-state index in [4.69, 9.17) is 0 Å². The molecule has 0 amide bonds. The quantitative estimate of drug-likeness (QED) is 0.784. The maximum Gasteiger partial charge on any atom is 0.338 e. The molecule has 14 heavy (non-hydrogen) atoms. The predicted molar refractivity (Wildman–Crippen MR) is 48.9 cm³/mol. The number of ether oxygens (including phenoxy) is 1. The van der Waals surface area contributed by atoms with Crippen molar-refractivity contribution in [1.82, 2.24) is 0 Å². The first kappa shape index (κ1) is 11.4. The van der Waals surface area contributed by atoms with Crippen molar-refractivity contribution in [2.24, 2.45) is 0 Å². The van der Waals surface area contributed by atoms with Gasteiger partial charge < -0.3 is 4.74 Å². The molecule has 0 aromatic heterocycles. The first-order valence-corrected chi connectivity index (χ1v) is 5.52. The van der Waals surface area contributed by atoms with Crippen molar-refractivity contribution in [3.8, 4) is 5.75 Å². The van der Waals surface area contributed by atoms with Gasteiger partial charge in [0, 0.05) is 0 Å². The van der Waals surface area contributed by atoms with Gasteiger partial charge in [0.2, 0.25) is 0 Å². The second kappa shape index (κ2) is 3.82. The SMILES string of the molecule is COc1c(Br)ccc(F)c1S(=O)(=O)F. The van der Waals surface area contributed by atoms with Gasteiger partial charge in [-0.05, 0) is 28.1 Å². The fourth-order valence-electron chi connectivity index (χ4n) is 0.932. The Labute approximate surface area is 88.0 Å². The van der Waals surface area contributed by atoms with Crippen molar-refractivity contribution in [1.29, 1.82) is 0 Å². The number of halogens is 3. The van der Waals surface area contributed by atoms with Gasteiger partial charge in [-0.3, -0.25) is 0 Å². The van der Waals surface area contributed by atoms with Crippen LogP contribution in [-0.4, -0.2) is 15.5 Å². The number of hydrogen-bond donors (Lipinski definition) is 0. The van der Waals surface area contributed by atoms with Crippen molar-refractivity contribution in [2.45, 2.75) is 4.90 Å². The Morgan fingerprint density at radius 3 is 2.36 bits per heavy atom. The van der Waals surface area contributed by atoms with Crippen LogP contribution in [0.3, 0.4) is 0 Å². The van der Waals surface area contributed by atoms with E-state index >= 15 is 0 Å². The summed E-state index contributed by atoms with van der Waals surface area (Å²) in [5, 5.41) is 0. The summed E-state index contributed by atoms with van der Waals surface area (Å²) in [6.45, 7) is 0. The molecule has 0 saturated carbocycles. The van der Waals surface area contributed by atoms with Crippen LogP contribution < -0.4 is 4.74 Å². The molecule has 0 N–H and O–H groups in total. The Morgan fingerprint density at radius 2 is 2.00 bits per heavy atom. The third kappa shape index (κ3) is 2.03. The fourth-order valence-corrected chi connectivity index (χ4v) is 2.27. The van der Waals surface area contributed by atoms with Gasteiger partial charge >= 0.3 is 10.2 Å². The van der Waals surface area contributed by atoms with Crippen LogP contribution in [0.4, 0.5) is 8.28 Å². The van der Waals surface area contributed by atoms with E-state index in [-0.39, 0.29) is 10.2 Å². The number of rotatable bonds is 2. The lowest BCUT2D eigenvalue weighted by Gasteiger charge is -2.07. The van der Waals surface area contributed by atoms with Crippen molar-refractivity contribution in [2.75, 3.05) is 7.11 Å². The summed E-state index contributed by atoms with van der Waals surface area (Å²) in [5.41, 5.74) is 0. The maximum atomic E-state index is 13.0. The summed E-state index contributed by atoms with van der Waals surface area (Å²) < 4.78 is 51.5. The molecule has 0 aliphatic carbocycles. The van der Waals surface area contributed by atoms with Crippen molar-refractivity contribution >= 4 is 26.2 Å². The molecule has 0 spiro atoms. The van der Waals surface area contributed by atoms with Crippen molar-refractivity contribution in [3.63, 3.8) is 0 Å². The smallest absolute Gasteiger partial charge is 0.338 e. The van der Waals surface area contributed by atoms with Crippen molar-refractivity contribution in [3.05, 3.63) is 22.4 Å². The van der Waals surface area contributed by atoms with Crippen LogP contribution in [0.25, 0.3) is 0 Å². The molecule has 78 valence electrons. The molecular weight excluding hydrogens is 282 g/mol. The van der Waals surface area contributed by atoms with Gasteiger partial charge in [-0.15, -0.1) is 3.89 Å². The lowest BCUT2D eigenvalue weighted by molar-refractivity contribution is 0.390. The Hall–Kier alpha value is -0.690. The van der Waals surface area contributed by atoms with Crippen LogP contribution in [0, 0.1) is 5.82 Å². The highest BCUT2D eigenvalue weighted by Gasteiger charge is 2.25. The van der Waals surface area contributed by atoms with Crippen LogP contribution >= 0.6 is 15.9 Å². The molecule has 3 nitrogen and oxygen atoms in total. The molecule has 0 unspecified atom stereocenters. The van der Waals surface area contributed by atoms with Crippen LogP contribution in [0.1, 0.15) is 0 Å². The van der Waals surface area contributed by atoms with E-state index in [1.54, 1.807) is 0 Å². The summed E-state index contributed by atoms with van der Waals surface area (Å²) in [6, 6.07) is 2.06. The van der Waals surface area contributed by atoms with Crippen LogP contribution in [0.2, 0.25) is 0 Å². The third-order valence-corrected chi connectivity index (χ3v) is 2.96. The molecule has 1 aromatic carbocycles. The zero-order valence-electron chi connectivity index (χ0n) is 6.92. The Kier molecular flexibility index (Phi) is 3.10. The zero-order chi connectivity index (χ0) is 10.9. The zero-order valence-corrected chi connectivity index (χ0v) is 9.32. The second-order valence-corrected chi connectivity index (χ2v) is 4.47. The molecule has 0 aliphatic heterocycles. The van der Waals surface area contributed by atoms with Gasteiger partial charge in [0.1, 0.15) is 5.82 Å². The molecule has 0 atom stereocenters. The standard InChI is InChI=1S/C7H5BrF2O3S/c1-13-6-4(8)2-3-5(9)7(6)14(10,11)12/h2-3H,1H3. The van der Waals surface area contributed by atoms with E-state index in [9.17, 15) is 16.7 Å². The highest BCUT2D eigenvalue weighted by molar-refractivity contribution is 9.10. The minimum Gasteiger partial charge on any atom is -0.494 e. The van der Waals surface area contributed by atoms with E-state index in [1.165, 1.54) is 6.07 Å². The summed E-state index contributed by atoms with van der Waals surface area (Å²) in [5.74, 6) is -1.57. The summed E-state index contributed by atoms with van der Waals surface area (Å²) >= 11 is 2.91. The first-order chi connectivity index (χ1) is 6.38. The topological polar surface area (TPSA) is 43.4 Å². The van der Waals surface area contributed by atoms with E-state index < -0.39 is 20.9 Å². The van der Waals surface area contributed by atoms with Gasteiger partial charge in [-0.25, -0.2) is 4.39 Å². The molecule has 0 bridgehead atoms. The molecule has 7 heteroatoms. The van der Waals surface area contributed by atoms with E-state index in [0.29, 0.717) is 0 Å². The number of hydrogen-bond acceptors (Lipinski definition) is 3. The van der Waals surface area contributed by atoms with Crippen molar-refractivity contribution < 1.29 is 21.4 Å². The minimum atomic E-state index is -5.13. The summed E-state index contributed by atoms with van der Waals surface area (Å²) in [7, 11) is -4.01. The van der Waals surface area contributed by atoms with Gasteiger partial charge in [0.05, 0.1) is 11.6 Å². The maximum absolute atomic E-state index is 13.0. The molecule has 0 radical (unpaired) electrons. The Morgan fingerprint density at radius 1 is 1.43 bits per heavy atom. The largest absolute Gasteiger partial charge is 0.494 e. The van der Waals surface area contributed by atoms with Gasteiger partial charge in [-0.2, -0.15) is 8.42 Å². The molecule has 0 saturated heterocycles. The van der Waals surface area contributed by atoms with E-state index in [0.717, 1.165) is 13.2 Å². The average molecular weight is 287 g/mol. The molecule has 1 rings (SSSR count). The monoisotopic (exact) mass is 286 g/mol. The normalized spacial score (nSPS) is 11.4. The molecule has 1 aromatic rings. The number of benzene rings is 1. The first-order valence-electron chi connectivity index (χ1n) is 3.34. The lowest BCUT2D eigenvalue weighted by Crippen LogP contribution is -2.01. The van der Waals surface area contributed by atoms with E-state index in [1.807, 2.05) is 0 Å². The fraction of sp³-hybridized carbons (Fsp3) is 0.143. The molecule has 0 aliphatic rings. The predicted octanol–water partition coefficient (Wildman–Crippen LogP) is 2.26. The highest BCUT2D eigenvalue weighted by Crippen LogP contribution is 2.34. The van der Waals surface area contributed by atoms with Gasteiger partial charge in [0.25, 0.3) is 0 Å². The third-order valence-electron chi connectivity index (χ3n) is 1.46. The molecule has 0 heterocycles. The number of methoxy groups -OCH3 is 1. The second-order valence-electron chi connectivity index (χ2n) is 2.33. The Balaban J connectivity index is 3.63. The van der Waals surface area contributed by atoms with Gasteiger partial charge in [0.15, 0.2) is 10.6 Å². The molecular formula is C7H5BrF2O3S. The van der Waals surface area contributed by atoms with Crippen LogP contribution in [0.15, 0.2) is 21.5 Å². The van der Waals surface area contributed by atoms with Crippen LogP contribution in [-0.2, 0) is 10.2 Å². The highest BCUT2D eigenvalue weighted by atomic mass is 79.9. The van der Waals surface area contributed by atoms with E-state index in [2.05, 4.69) is 20.7 Å².